The number of sulfonamides is 1. The van der Waals surface area contributed by atoms with Gasteiger partial charge in [0, 0.05) is 11.7 Å². The number of rotatable bonds is 4. The molecule has 1 saturated carbocycles. The molecule has 118 valence electrons. The van der Waals surface area contributed by atoms with E-state index < -0.39 is 10.0 Å². The highest BCUT2D eigenvalue weighted by Gasteiger charge is 2.27. The van der Waals surface area contributed by atoms with Crippen LogP contribution < -0.4 is 10.5 Å². The number of hydrogen-bond acceptors (Lipinski definition) is 3. The Hall–Kier alpha value is -1.07. The quantitative estimate of drug-likeness (QED) is 0.839. The molecule has 5 heteroatoms. The molecule has 1 fully saturated rings. The first-order chi connectivity index (χ1) is 9.81. The molecule has 4 nitrogen and oxygen atoms in total. The summed E-state index contributed by atoms with van der Waals surface area (Å²) < 4.78 is 28.2. The van der Waals surface area contributed by atoms with Crippen molar-refractivity contribution in [1.82, 2.24) is 4.72 Å². The van der Waals surface area contributed by atoms with Gasteiger partial charge in [0.1, 0.15) is 0 Å². The molecule has 2 rings (SSSR count). The second-order valence-electron chi connectivity index (χ2n) is 6.29. The third-order valence-corrected chi connectivity index (χ3v) is 6.31. The van der Waals surface area contributed by atoms with Gasteiger partial charge in [-0.05, 0) is 62.8 Å². The Labute approximate surface area is 128 Å². The summed E-state index contributed by atoms with van der Waals surface area (Å²) in [4.78, 5) is 0.374. The maximum Gasteiger partial charge on any atom is 0.241 e. The molecule has 0 heterocycles. The van der Waals surface area contributed by atoms with Crippen LogP contribution in [0.4, 0.5) is 5.69 Å². The fourth-order valence-corrected chi connectivity index (χ4v) is 5.21. The van der Waals surface area contributed by atoms with E-state index >= 15 is 0 Å². The van der Waals surface area contributed by atoms with E-state index in [4.69, 9.17) is 5.73 Å². The Balaban J connectivity index is 2.22. The maximum atomic E-state index is 12.7. The van der Waals surface area contributed by atoms with Crippen LogP contribution in [0.3, 0.4) is 0 Å². The summed E-state index contributed by atoms with van der Waals surface area (Å²) in [6.07, 6.45) is 5.91. The zero-order valence-corrected chi connectivity index (χ0v) is 14.0. The van der Waals surface area contributed by atoms with Crippen molar-refractivity contribution in [2.75, 3.05) is 5.73 Å². The van der Waals surface area contributed by atoms with Gasteiger partial charge in [-0.15, -0.1) is 0 Å². The van der Waals surface area contributed by atoms with Gasteiger partial charge in [-0.25, -0.2) is 13.1 Å². The molecule has 1 unspecified atom stereocenters. The molecule has 1 aliphatic carbocycles. The van der Waals surface area contributed by atoms with E-state index in [2.05, 4.69) is 4.72 Å². The van der Waals surface area contributed by atoms with E-state index in [-0.39, 0.29) is 6.04 Å². The average molecular weight is 310 g/mol. The van der Waals surface area contributed by atoms with Gasteiger partial charge in [0.2, 0.25) is 10.0 Å². The van der Waals surface area contributed by atoms with Crippen LogP contribution in [-0.4, -0.2) is 14.5 Å². The first-order valence-electron chi connectivity index (χ1n) is 7.70. The molecule has 0 bridgehead atoms. The Morgan fingerprint density at radius 1 is 1.14 bits per heavy atom. The summed E-state index contributed by atoms with van der Waals surface area (Å²) in [5, 5.41) is 0. The molecule has 1 atom stereocenters. The van der Waals surface area contributed by atoms with Gasteiger partial charge in [-0.1, -0.05) is 19.3 Å². The van der Waals surface area contributed by atoms with Crippen molar-refractivity contribution in [3.63, 3.8) is 0 Å². The minimum absolute atomic E-state index is 0.0216. The topological polar surface area (TPSA) is 72.2 Å². The lowest BCUT2D eigenvalue weighted by Crippen LogP contribution is -2.39. The van der Waals surface area contributed by atoms with Crippen LogP contribution in [0.5, 0.6) is 0 Å². The lowest BCUT2D eigenvalue weighted by atomic mass is 9.85. The van der Waals surface area contributed by atoms with Crippen molar-refractivity contribution in [3.8, 4) is 0 Å². The van der Waals surface area contributed by atoms with Crippen molar-refractivity contribution in [2.24, 2.45) is 5.92 Å². The van der Waals surface area contributed by atoms with Gasteiger partial charge in [-0.3, -0.25) is 0 Å². The largest absolute Gasteiger partial charge is 0.399 e. The normalized spacial score (nSPS) is 18.6. The zero-order valence-electron chi connectivity index (χ0n) is 13.1. The zero-order chi connectivity index (χ0) is 15.6. The van der Waals surface area contributed by atoms with E-state index in [0.717, 1.165) is 12.8 Å². The summed E-state index contributed by atoms with van der Waals surface area (Å²) in [5.41, 5.74) is 7.78. The average Bonchev–Trinajstić information content (AvgIpc) is 2.37. The van der Waals surface area contributed by atoms with Gasteiger partial charge in [-0.2, -0.15) is 0 Å². The molecule has 0 radical (unpaired) electrons. The van der Waals surface area contributed by atoms with Crippen molar-refractivity contribution in [1.29, 1.82) is 0 Å². The Kier molecular flexibility index (Phi) is 4.94. The highest BCUT2D eigenvalue weighted by atomic mass is 32.2. The third kappa shape index (κ3) is 3.77. The summed E-state index contributed by atoms with van der Waals surface area (Å²) in [6, 6.07) is 3.41. The van der Waals surface area contributed by atoms with Crippen molar-refractivity contribution < 1.29 is 8.42 Å². The predicted octanol–water partition coefficient (Wildman–Crippen LogP) is 3.13. The van der Waals surface area contributed by atoms with Gasteiger partial charge < -0.3 is 5.73 Å². The van der Waals surface area contributed by atoms with E-state index in [1.807, 2.05) is 6.92 Å². The van der Waals surface area contributed by atoms with Crippen LogP contribution in [0, 0.1) is 19.8 Å². The number of anilines is 1. The first kappa shape index (κ1) is 16.3. The fraction of sp³-hybridized carbons (Fsp3) is 0.625. The molecule has 0 aliphatic heterocycles. The third-order valence-electron chi connectivity index (χ3n) is 4.45. The van der Waals surface area contributed by atoms with Crippen LogP contribution in [0.25, 0.3) is 0 Å². The van der Waals surface area contributed by atoms with E-state index in [0.29, 0.717) is 27.6 Å². The number of nitrogens with one attached hydrogen (secondary N) is 1. The first-order valence-corrected chi connectivity index (χ1v) is 9.18. The van der Waals surface area contributed by atoms with Crippen LogP contribution in [0.1, 0.15) is 50.2 Å². The fourth-order valence-electron chi connectivity index (χ4n) is 3.44. The molecule has 3 N–H and O–H groups in total. The second kappa shape index (κ2) is 6.36. The molecule has 1 aromatic carbocycles. The minimum Gasteiger partial charge on any atom is -0.399 e. The summed E-state index contributed by atoms with van der Waals surface area (Å²) in [6.45, 7) is 5.57. The van der Waals surface area contributed by atoms with Crippen molar-refractivity contribution in [3.05, 3.63) is 23.3 Å². The van der Waals surface area contributed by atoms with Crippen LogP contribution in [0.2, 0.25) is 0 Å². The summed E-state index contributed by atoms with van der Waals surface area (Å²) in [5.74, 6) is 0.447. The standard InChI is InChI=1S/C16H26N2O2S/c1-11-9-15(17)10-12(2)16(11)21(19,20)18-13(3)14-7-5-4-6-8-14/h9-10,13-14,18H,4-8,17H2,1-3H3. The molecule has 0 spiro atoms. The Morgan fingerprint density at radius 2 is 1.67 bits per heavy atom. The molecule has 1 aliphatic rings. The smallest absolute Gasteiger partial charge is 0.241 e. The molecule has 21 heavy (non-hydrogen) atoms. The summed E-state index contributed by atoms with van der Waals surface area (Å²) in [7, 11) is -3.49. The van der Waals surface area contributed by atoms with E-state index in [1.165, 1.54) is 19.3 Å². The molecule has 0 saturated heterocycles. The van der Waals surface area contributed by atoms with Crippen LogP contribution in [-0.2, 0) is 10.0 Å². The molecule has 1 aromatic rings. The minimum atomic E-state index is -3.49. The number of hydrogen-bond donors (Lipinski definition) is 2. The monoisotopic (exact) mass is 310 g/mol. The number of aryl methyl sites for hydroxylation is 2. The molecular formula is C16H26N2O2S. The Morgan fingerprint density at radius 3 is 2.19 bits per heavy atom. The number of benzene rings is 1. The Bertz CT molecular complexity index is 582. The van der Waals surface area contributed by atoms with Crippen LogP contribution in [0.15, 0.2) is 17.0 Å². The van der Waals surface area contributed by atoms with Gasteiger partial charge in [0.15, 0.2) is 0 Å². The van der Waals surface area contributed by atoms with Gasteiger partial charge in [0.25, 0.3) is 0 Å². The predicted molar refractivity (Wildman–Crippen MR) is 86.7 cm³/mol. The molecule has 0 aromatic heterocycles. The lowest BCUT2D eigenvalue weighted by Gasteiger charge is -2.28. The second-order valence-corrected chi connectivity index (χ2v) is 7.94. The SMILES string of the molecule is Cc1cc(N)cc(C)c1S(=O)(=O)NC(C)C1CCCCC1. The molecule has 0 amide bonds. The van der Waals surface area contributed by atoms with Gasteiger partial charge >= 0.3 is 0 Å². The summed E-state index contributed by atoms with van der Waals surface area (Å²) >= 11 is 0. The highest BCUT2D eigenvalue weighted by molar-refractivity contribution is 7.89. The maximum absolute atomic E-state index is 12.7. The molecular weight excluding hydrogens is 284 g/mol. The van der Waals surface area contributed by atoms with Crippen LogP contribution >= 0.6 is 0 Å². The van der Waals surface area contributed by atoms with Crippen molar-refractivity contribution >= 4 is 15.7 Å². The number of nitrogen functional groups attached to an aromatic ring is 1. The highest BCUT2D eigenvalue weighted by Crippen LogP contribution is 2.28. The lowest BCUT2D eigenvalue weighted by molar-refractivity contribution is 0.303. The van der Waals surface area contributed by atoms with E-state index in [1.54, 1.807) is 26.0 Å². The van der Waals surface area contributed by atoms with E-state index in [9.17, 15) is 8.42 Å². The number of nitrogens with two attached hydrogens (primary N) is 1. The van der Waals surface area contributed by atoms with Gasteiger partial charge in [0.05, 0.1) is 4.90 Å². The van der Waals surface area contributed by atoms with Crippen molar-refractivity contribution in [2.45, 2.75) is 63.8 Å².